The number of fused-ring (bicyclic) bond motifs is 1. The second-order valence-electron chi connectivity index (χ2n) is 7.36. The van der Waals surface area contributed by atoms with Gasteiger partial charge in [0.1, 0.15) is 17.1 Å². The van der Waals surface area contributed by atoms with Gasteiger partial charge in [-0.1, -0.05) is 25.0 Å². The van der Waals surface area contributed by atoms with Crippen LogP contribution >= 0.6 is 0 Å². The Morgan fingerprint density at radius 3 is 2.75 bits per heavy atom. The van der Waals surface area contributed by atoms with Crippen molar-refractivity contribution in [2.24, 2.45) is 0 Å². The summed E-state index contributed by atoms with van der Waals surface area (Å²) in [5, 5.41) is 3.16. The maximum atomic E-state index is 12.4. The lowest BCUT2D eigenvalue weighted by molar-refractivity contribution is -0.121. The van der Waals surface area contributed by atoms with Crippen molar-refractivity contribution in [2.45, 2.75) is 51.1 Å². The summed E-state index contributed by atoms with van der Waals surface area (Å²) in [6.07, 6.45) is 7.47. The number of nitrogens with zero attached hydrogens (tertiary/aromatic N) is 3. The Labute approximate surface area is 164 Å². The van der Waals surface area contributed by atoms with Gasteiger partial charge < -0.3 is 14.6 Å². The van der Waals surface area contributed by atoms with Crippen LogP contribution in [0.2, 0.25) is 0 Å². The number of hydrogen-bond donors (Lipinski definition) is 1. The number of methoxy groups -OCH3 is 1. The van der Waals surface area contributed by atoms with E-state index in [1.165, 1.54) is 12.8 Å². The van der Waals surface area contributed by atoms with E-state index in [-0.39, 0.29) is 5.91 Å². The highest BCUT2D eigenvalue weighted by molar-refractivity contribution is 5.77. The summed E-state index contributed by atoms with van der Waals surface area (Å²) in [6, 6.07) is 12.2. The van der Waals surface area contributed by atoms with Crippen molar-refractivity contribution in [3.05, 3.63) is 54.0 Å². The molecule has 1 aliphatic rings. The van der Waals surface area contributed by atoms with E-state index in [9.17, 15) is 4.79 Å². The lowest BCUT2D eigenvalue weighted by Crippen LogP contribution is -2.32. The first-order valence-electron chi connectivity index (χ1n) is 9.95. The summed E-state index contributed by atoms with van der Waals surface area (Å²) in [4.78, 5) is 21.6. The summed E-state index contributed by atoms with van der Waals surface area (Å²) >= 11 is 0. The summed E-state index contributed by atoms with van der Waals surface area (Å²) < 4.78 is 7.35. The fraction of sp³-hybridized carbons (Fsp3) is 0.409. The fourth-order valence-electron chi connectivity index (χ4n) is 3.87. The van der Waals surface area contributed by atoms with Crippen LogP contribution in [0.25, 0.3) is 11.2 Å². The van der Waals surface area contributed by atoms with Crippen molar-refractivity contribution >= 4 is 17.1 Å². The molecule has 146 valence electrons. The van der Waals surface area contributed by atoms with Gasteiger partial charge in [0, 0.05) is 25.1 Å². The van der Waals surface area contributed by atoms with Gasteiger partial charge in [-0.05, 0) is 42.7 Å². The maximum Gasteiger partial charge on any atom is 0.220 e. The Bertz CT molecular complexity index is 943. The quantitative estimate of drug-likeness (QED) is 0.683. The van der Waals surface area contributed by atoms with E-state index in [4.69, 9.17) is 9.72 Å². The van der Waals surface area contributed by atoms with E-state index < -0.39 is 0 Å². The van der Waals surface area contributed by atoms with Crippen LogP contribution < -0.4 is 10.1 Å². The highest BCUT2D eigenvalue weighted by Crippen LogP contribution is 2.20. The first-order valence-corrected chi connectivity index (χ1v) is 9.95. The number of ether oxygens (including phenoxy) is 1. The molecule has 1 aromatic carbocycles. The predicted octanol–water partition coefficient (Wildman–Crippen LogP) is 3.48. The maximum absolute atomic E-state index is 12.4. The van der Waals surface area contributed by atoms with Crippen molar-refractivity contribution in [2.75, 3.05) is 7.11 Å². The number of imidazole rings is 1. The monoisotopic (exact) mass is 378 g/mol. The van der Waals surface area contributed by atoms with Crippen LogP contribution in [0.3, 0.4) is 0 Å². The van der Waals surface area contributed by atoms with E-state index in [2.05, 4.69) is 14.9 Å². The third kappa shape index (κ3) is 4.16. The molecule has 1 amide bonds. The Morgan fingerprint density at radius 1 is 1.21 bits per heavy atom. The summed E-state index contributed by atoms with van der Waals surface area (Å²) in [5.74, 6) is 1.84. The van der Waals surface area contributed by atoms with Crippen molar-refractivity contribution in [3.63, 3.8) is 0 Å². The highest BCUT2D eigenvalue weighted by Gasteiger charge is 2.18. The minimum Gasteiger partial charge on any atom is -0.497 e. The predicted molar refractivity (Wildman–Crippen MR) is 108 cm³/mol. The van der Waals surface area contributed by atoms with E-state index in [0.29, 0.717) is 25.4 Å². The molecule has 28 heavy (non-hydrogen) atoms. The molecule has 6 heteroatoms. The Balaban J connectivity index is 1.51. The Morgan fingerprint density at radius 2 is 2.00 bits per heavy atom. The third-order valence-corrected chi connectivity index (χ3v) is 5.38. The van der Waals surface area contributed by atoms with E-state index in [1.807, 2.05) is 36.4 Å². The third-order valence-electron chi connectivity index (χ3n) is 5.38. The number of carbonyl (C=O) groups excluding carboxylic acids is 1. The van der Waals surface area contributed by atoms with E-state index in [1.54, 1.807) is 13.3 Å². The largest absolute Gasteiger partial charge is 0.497 e. The number of hydrogen-bond acceptors (Lipinski definition) is 4. The molecule has 0 unspecified atom stereocenters. The number of aryl methyl sites for hydroxylation is 1. The first kappa shape index (κ1) is 18.5. The van der Waals surface area contributed by atoms with E-state index >= 15 is 0 Å². The zero-order chi connectivity index (χ0) is 19.3. The number of amides is 1. The van der Waals surface area contributed by atoms with Gasteiger partial charge >= 0.3 is 0 Å². The van der Waals surface area contributed by atoms with Gasteiger partial charge in [0.25, 0.3) is 0 Å². The number of pyridine rings is 1. The van der Waals surface area contributed by atoms with E-state index in [0.717, 1.165) is 41.1 Å². The highest BCUT2D eigenvalue weighted by atomic mass is 16.5. The fourth-order valence-corrected chi connectivity index (χ4v) is 3.87. The molecular formula is C22H26N4O2. The molecule has 0 atom stereocenters. The first-order chi connectivity index (χ1) is 13.7. The smallest absolute Gasteiger partial charge is 0.220 e. The van der Waals surface area contributed by atoms with Gasteiger partial charge in [0.15, 0.2) is 5.65 Å². The van der Waals surface area contributed by atoms with Crippen LogP contribution in [0.1, 0.15) is 43.5 Å². The lowest BCUT2D eigenvalue weighted by Gasteiger charge is -2.12. The van der Waals surface area contributed by atoms with Gasteiger partial charge in [-0.2, -0.15) is 0 Å². The van der Waals surface area contributed by atoms with Crippen LogP contribution in [-0.4, -0.2) is 33.6 Å². The molecule has 3 aromatic rings. The van der Waals surface area contributed by atoms with Crippen LogP contribution in [0.4, 0.5) is 0 Å². The molecule has 0 saturated heterocycles. The normalized spacial score (nSPS) is 14.5. The zero-order valence-corrected chi connectivity index (χ0v) is 16.2. The Kier molecular flexibility index (Phi) is 5.55. The molecule has 1 aliphatic carbocycles. The average molecular weight is 378 g/mol. The minimum atomic E-state index is 0.114. The molecule has 2 heterocycles. The number of benzene rings is 1. The van der Waals surface area contributed by atoms with Crippen molar-refractivity contribution in [1.29, 1.82) is 0 Å². The van der Waals surface area contributed by atoms with Gasteiger partial charge in [0.2, 0.25) is 5.91 Å². The van der Waals surface area contributed by atoms with Crippen LogP contribution in [0.5, 0.6) is 5.75 Å². The summed E-state index contributed by atoms with van der Waals surface area (Å²) in [7, 11) is 1.66. The Hall–Kier alpha value is -2.89. The SMILES string of the molecule is COc1ccc(Cn2c(CCC(=O)NC3CCCC3)nc3cccnc32)cc1. The van der Waals surface area contributed by atoms with Gasteiger partial charge in [0.05, 0.1) is 13.7 Å². The van der Waals surface area contributed by atoms with Crippen LogP contribution in [-0.2, 0) is 17.8 Å². The molecule has 0 bridgehead atoms. The van der Waals surface area contributed by atoms with Crippen LogP contribution in [0, 0.1) is 0 Å². The second-order valence-corrected chi connectivity index (χ2v) is 7.36. The summed E-state index contributed by atoms with van der Waals surface area (Å²) in [5.41, 5.74) is 2.86. The van der Waals surface area contributed by atoms with Gasteiger partial charge in [-0.3, -0.25) is 4.79 Å². The molecule has 0 aliphatic heterocycles. The molecule has 6 nitrogen and oxygen atoms in total. The minimum absolute atomic E-state index is 0.114. The second kappa shape index (κ2) is 8.42. The zero-order valence-electron chi connectivity index (χ0n) is 16.2. The van der Waals surface area contributed by atoms with Gasteiger partial charge in [-0.25, -0.2) is 9.97 Å². The van der Waals surface area contributed by atoms with Crippen LogP contribution in [0.15, 0.2) is 42.6 Å². The molecular weight excluding hydrogens is 352 g/mol. The molecule has 1 N–H and O–H groups in total. The molecule has 1 saturated carbocycles. The number of carbonyl (C=O) groups is 1. The molecule has 1 fully saturated rings. The topological polar surface area (TPSA) is 69.0 Å². The molecule has 0 spiro atoms. The standard InChI is InChI=1S/C22H26N4O2/c1-28-18-10-8-16(9-11-18)15-26-20(25-19-7-4-14-23-22(19)26)12-13-21(27)24-17-5-2-3-6-17/h4,7-11,14,17H,2-3,5-6,12-13,15H2,1H3,(H,24,27). The van der Waals surface area contributed by atoms with Crippen molar-refractivity contribution in [3.8, 4) is 5.75 Å². The van der Waals surface area contributed by atoms with Gasteiger partial charge in [-0.15, -0.1) is 0 Å². The lowest BCUT2D eigenvalue weighted by atomic mass is 10.2. The van der Waals surface area contributed by atoms with Crippen molar-refractivity contribution in [1.82, 2.24) is 19.9 Å². The number of rotatable bonds is 7. The summed E-state index contributed by atoms with van der Waals surface area (Å²) in [6.45, 7) is 0.664. The number of aromatic nitrogens is 3. The average Bonchev–Trinajstić information content (AvgIpc) is 3.35. The molecule has 4 rings (SSSR count). The number of nitrogens with one attached hydrogen (secondary N) is 1. The van der Waals surface area contributed by atoms with Crippen molar-refractivity contribution < 1.29 is 9.53 Å². The molecule has 0 radical (unpaired) electrons. The molecule has 2 aromatic heterocycles.